The van der Waals surface area contributed by atoms with E-state index in [4.69, 9.17) is 5.11 Å². The second kappa shape index (κ2) is 4.00. The van der Waals surface area contributed by atoms with Crippen molar-refractivity contribution in [1.29, 1.82) is 0 Å². The van der Waals surface area contributed by atoms with E-state index in [1.807, 2.05) is 0 Å². The summed E-state index contributed by atoms with van der Waals surface area (Å²) < 4.78 is 0. The standard InChI is InChI=1S/C12H24O/c1-9-5-11(10(2)8-13)7-12(3,4)6-9/h9-11,13H,5-8H2,1-4H3. The Morgan fingerprint density at radius 2 is 2.00 bits per heavy atom. The van der Waals surface area contributed by atoms with Crippen LogP contribution < -0.4 is 0 Å². The van der Waals surface area contributed by atoms with Gasteiger partial charge in [0.2, 0.25) is 0 Å². The van der Waals surface area contributed by atoms with Crippen molar-refractivity contribution in [2.24, 2.45) is 23.2 Å². The average Bonchev–Trinajstić information content (AvgIpc) is 1.99. The van der Waals surface area contributed by atoms with Crippen LogP contribution in [0, 0.1) is 23.2 Å². The van der Waals surface area contributed by atoms with Crippen LogP contribution in [0.2, 0.25) is 0 Å². The Hall–Kier alpha value is -0.0400. The quantitative estimate of drug-likeness (QED) is 0.699. The summed E-state index contributed by atoms with van der Waals surface area (Å²) in [6, 6.07) is 0. The van der Waals surface area contributed by atoms with Crippen LogP contribution in [0.1, 0.15) is 47.0 Å². The molecular formula is C12H24O. The maximum Gasteiger partial charge on any atom is 0.0459 e. The van der Waals surface area contributed by atoms with Gasteiger partial charge >= 0.3 is 0 Å². The lowest BCUT2D eigenvalue weighted by Gasteiger charge is -2.41. The molecule has 0 amide bonds. The molecular weight excluding hydrogens is 160 g/mol. The van der Waals surface area contributed by atoms with Gasteiger partial charge in [-0.15, -0.1) is 0 Å². The molecule has 0 heterocycles. The van der Waals surface area contributed by atoms with Gasteiger partial charge in [-0.1, -0.05) is 27.7 Å². The van der Waals surface area contributed by atoms with Gasteiger partial charge in [-0.3, -0.25) is 0 Å². The molecule has 0 aromatic heterocycles. The van der Waals surface area contributed by atoms with Crippen LogP contribution in [-0.4, -0.2) is 11.7 Å². The Kier molecular flexibility index (Phi) is 3.39. The minimum Gasteiger partial charge on any atom is -0.396 e. The lowest BCUT2D eigenvalue weighted by molar-refractivity contribution is 0.0741. The summed E-state index contributed by atoms with van der Waals surface area (Å²) >= 11 is 0. The van der Waals surface area contributed by atoms with Crippen molar-refractivity contribution in [2.75, 3.05) is 6.61 Å². The molecule has 1 N–H and O–H groups in total. The van der Waals surface area contributed by atoms with Gasteiger partial charge in [0.15, 0.2) is 0 Å². The summed E-state index contributed by atoms with van der Waals surface area (Å²) in [6.45, 7) is 9.60. The van der Waals surface area contributed by atoms with Gasteiger partial charge in [0.05, 0.1) is 0 Å². The maximum absolute atomic E-state index is 9.14. The number of aliphatic hydroxyl groups is 1. The molecule has 0 aromatic carbocycles. The van der Waals surface area contributed by atoms with Crippen LogP contribution >= 0.6 is 0 Å². The number of hydrogen-bond acceptors (Lipinski definition) is 1. The molecule has 1 saturated carbocycles. The molecule has 1 heteroatoms. The summed E-state index contributed by atoms with van der Waals surface area (Å²) in [5, 5.41) is 9.14. The van der Waals surface area contributed by atoms with Crippen molar-refractivity contribution < 1.29 is 5.11 Å². The molecule has 0 saturated heterocycles. The molecule has 0 spiro atoms. The van der Waals surface area contributed by atoms with Crippen molar-refractivity contribution in [1.82, 2.24) is 0 Å². The lowest BCUT2D eigenvalue weighted by Crippen LogP contribution is -2.31. The highest BCUT2D eigenvalue weighted by atomic mass is 16.3. The molecule has 3 atom stereocenters. The predicted octanol–water partition coefficient (Wildman–Crippen LogP) is 3.08. The van der Waals surface area contributed by atoms with Crippen LogP contribution in [0.15, 0.2) is 0 Å². The minimum absolute atomic E-state index is 0.355. The van der Waals surface area contributed by atoms with Gasteiger partial charge in [0.1, 0.15) is 0 Å². The minimum atomic E-state index is 0.355. The first-order valence-corrected chi connectivity index (χ1v) is 5.55. The highest BCUT2D eigenvalue weighted by Gasteiger charge is 2.33. The zero-order valence-corrected chi connectivity index (χ0v) is 9.51. The Balaban J connectivity index is 2.57. The Morgan fingerprint density at radius 3 is 2.46 bits per heavy atom. The molecule has 0 radical (unpaired) electrons. The van der Waals surface area contributed by atoms with E-state index in [0.717, 1.165) is 11.8 Å². The molecule has 0 aliphatic heterocycles. The zero-order chi connectivity index (χ0) is 10.1. The molecule has 13 heavy (non-hydrogen) atoms. The monoisotopic (exact) mass is 184 g/mol. The fourth-order valence-electron chi connectivity index (χ4n) is 3.00. The predicted molar refractivity (Wildman–Crippen MR) is 56.5 cm³/mol. The third kappa shape index (κ3) is 2.98. The average molecular weight is 184 g/mol. The van der Waals surface area contributed by atoms with Crippen molar-refractivity contribution in [3.63, 3.8) is 0 Å². The third-order valence-electron chi connectivity index (χ3n) is 3.51. The van der Waals surface area contributed by atoms with Gasteiger partial charge in [0.25, 0.3) is 0 Å². The van der Waals surface area contributed by atoms with E-state index in [1.54, 1.807) is 0 Å². The first-order valence-electron chi connectivity index (χ1n) is 5.55. The van der Waals surface area contributed by atoms with E-state index in [0.29, 0.717) is 17.9 Å². The van der Waals surface area contributed by atoms with Crippen molar-refractivity contribution in [2.45, 2.75) is 47.0 Å². The maximum atomic E-state index is 9.14. The molecule has 1 aliphatic rings. The normalized spacial score (nSPS) is 35.8. The van der Waals surface area contributed by atoms with Gasteiger partial charge in [-0.25, -0.2) is 0 Å². The lowest BCUT2D eigenvalue weighted by atomic mass is 9.65. The van der Waals surface area contributed by atoms with Crippen molar-refractivity contribution in [3.8, 4) is 0 Å². The fraction of sp³-hybridized carbons (Fsp3) is 1.00. The summed E-state index contributed by atoms with van der Waals surface area (Å²) in [6.07, 6.45) is 3.95. The first kappa shape index (κ1) is 11.0. The zero-order valence-electron chi connectivity index (χ0n) is 9.51. The summed E-state index contributed by atoms with van der Waals surface area (Å²) in [5.41, 5.74) is 0.492. The molecule has 1 rings (SSSR count). The first-order chi connectivity index (χ1) is 5.94. The Morgan fingerprint density at radius 1 is 1.38 bits per heavy atom. The van der Waals surface area contributed by atoms with Crippen LogP contribution in [-0.2, 0) is 0 Å². The van der Waals surface area contributed by atoms with E-state index in [9.17, 15) is 0 Å². The SMILES string of the molecule is CC1CC(C(C)CO)CC(C)(C)C1. The van der Waals surface area contributed by atoms with Crippen molar-refractivity contribution in [3.05, 3.63) is 0 Å². The van der Waals surface area contributed by atoms with E-state index in [1.165, 1.54) is 19.3 Å². The van der Waals surface area contributed by atoms with E-state index >= 15 is 0 Å². The Labute approximate surface area is 82.5 Å². The van der Waals surface area contributed by atoms with Gasteiger partial charge < -0.3 is 5.11 Å². The largest absolute Gasteiger partial charge is 0.396 e. The summed E-state index contributed by atoms with van der Waals surface area (Å²) in [7, 11) is 0. The molecule has 1 fully saturated rings. The smallest absolute Gasteiger partial charge is 0.0459 e. The van der Waals surface area contributed by atoms with E-state index in [-0.39, 0.29) is 0 Å². The number of rotatable bonds is 2. The number of hydrogen-bond donors (Lipinski definition) is 1. The van der Waals surface area contributed by atoms with Gasteiger partial charge in [0, 0.05) is 6.61 Å². The Bertz CT molecular complexity index is 163. The molecule has 3 unspecified atom stereocenters. The fourth-order valence-corrected chi connectivity index (χ4v) is 3.00. The van der Waals surface area contributed by atoms with E-state index < -0.39 is 0 Å². The summed E-state index contributed by atoms with van der Waals surface area (Å²) in [5.74, 6) is 2.06. The van der Waals surface area contributed by atoms with Crippen LogP contribution in [0.5, 0.6) is 0 Å². The summed E-state index contributed by atoms with van der Waals surface area (Å²) in [4.78, 5) is 0. The van der Waals surface area contributed by atoms with Crippen LogP contribution in [0.25, 0.3) is 0 Å². The topological polar surface area (TPSA) is 20.2 Å². The molecule has 1 aliphatic carbocycles. The third-order valence-corrected chi connectivity index (χ3v) is 3.51. The highest BCUT2D eigenvalue weighted by Crippen LogP contribution is 2.44. The molecule has 0 bridgehead atoms. The number of aliphatic hydroxyl groups excluding tert-OH is 1. The molecule has 1 nitrogen and oxygen atoms in total. The second-order valence-electron chi connectivity index (χ2n) is 5.83. The molecule has 0 aromatic rings. The van der Waals surface area contributed by atoms with E-state index in [2.05, 4.69) is 27.7 Å². The van der Waals surface area contributed by atoms with Gasteiger partial charge in [-0.05, 0) is 42.4 Å². The molecule has 78 valence electrons. The van der Waals surface area contributed by atoms with Gasteiger partial charge in [-0.2, -0.15) is 0 Å². The highest BCUT2D eigenvalue weighted by molar-refractivity contribution is 4.84. The van der Waals surface area contributed by atoms with Crippen molar-refractivity contribution >= 4 is 0 Å². The van der Waals surface area contributed by atoms with Crippen LogP contribution in [0.3, 0.4) is 0 Å². The second-order valence-corrected chi connectivity index (χ2v) is 5.83. The van der Waals surface area contributed by atoms with Crippen LogP contribution in [0.4, 0.5) is 0 Å².